The number of carbonyl (C=O) groups excluding carboxylic acids is 1. The first-order valence-electron chi connectivity index (χ1n) is 9.92. The van der Waals surface area contributed by atoms with Gasteiger partial charge >= 0.3 is 6.09 Å². The molecule has 4 unspecified atom stereocenters. The van der Waals surface area contributed by atoms with Crippen LogP contribution in [0.5, 0.6) is 0 Å². The summed E-state index contributed by atoms with van der Waals surface area (Å²) in [6.07, 6.45) is 3.62. The van der Waals surface area contributed by atoms with Crippen molar-refractivity contribution >= 4 is 6.09 Å². The Balaban J connectivity index is 1.41. The molecule has 26 heavy (non-hydrogen) atoms. The van der Waals surface area contributed by atoms with Gasteiger partial charge in [-0.25, -0.2) is 4.79 Å². The van der Waals surface area contributed by atoms with E-state index >= 15 is 0 Å². The maximum atomic E-state index is 12.3. The minimum Gasteiger partial charge on any atom is -0.445 e. The second-order valence-corrected chi connectivity index (χ2v) is 7.89. The van der Waals surface area contributed by atoms with Gasteiger partial charge in [-0.15, -0.1) is 0 Å². The predicted molar refractivity (Wildman–Crippen MR) is 102 cm³/mol. The van der Waals surface area contributed by atoms with Crippen molar-refractivity contribution < 1.29 is 14.3 Å². The van der Waals surface area contributed by atoms with E-state index in [1.54, 1.807) is 4.90 Å². The highest BCUT2D eigenvalue weighted by atomic mass is 16.6. The molecule has 5 heteroatoms. The highest BCUT2D eigenvalue weighted by Gasteiger charge is 2.28. The molecule has 3 rings (SSSR count). The SMILES string of the molecule is CC1CCC(NCC2CN(C(=O)OCc3ccccc3)CCO2)C(C)C1. The van der Waals surface area contributed by atoms with Gasteiger partial charge in [0, 0.05) is 19.1 Å². The number of hydrogen-bond acceptors (Lipinski definition) is 4. The number of morpholine rings is 1. The van der Waals surface area contributed by atoms with Crippen LogP contribution in [0, 0.1) is 11.8 Å². The fourth-order valence-corrected chi connectivity index (χ4v) is 4.07. The highest BCUT2D eigenvalue weighted by Crippen LogP contribution is 2.28. The van der Waals surface area contributed by atoms with Gasteiger partial charge in [-0.1, -0.05) is 44.2 Å². The monoisotopic (exact) mass is 360 g/mol. The van der Waals surface area contributed by atoms with Crippen molar-refractivity contribution in [2.24, 2.45) is 11.8 Å². The summed E-state index contributed by atoms with van der Waals surface area (Å²) < 4.78 is 11.3. The summed E-state index contributed by atoms with van der Waals surface area (Å²) in [5.74, 6) is 1.54. The third-order valence-electron chi connectivity index (χ3n) is 5.64. The molecule has 1 heterocycles. The van der Waals surface area contributed by atoms with Gasteiger partial charge < -0.3 is 19.7 Å². The number of nitrogens with one attached hydrogen (secondary N) is 1. The van der Waals surface area contributed by atoms with Crippen LogP contribution in [0.4, 0.5) is 4.79 Å². The molecular weight excluding hydrogens is 328 g/mol. The number of amides is 1. The number of carbonyl (C=O) groups is 1. The lowest BCUT2D eigenvalue weighted by molar-refractivity contribution is -0.0292. The Hall–Kier alpha value is -1.59. The topological polar surface area (TPSA) is 50.8 Å². The lowest BCUT2D eigenvalue weighted by atomic mass is 9.80. The average Bonchev–Trinajstić information content (AvgIpc) is 2.66. The Kier molecular flexibility index (Phi) is 6.92. The molecule has 0 spiro atoms. The molecule has 2 aliphatic rings. The van der Waals surface area contributed by atoms with Gasteiger partial charge in [0.15, 0.2) is 0 Å². The third-order valence-corrected chi connectivity index (χ3v) is 5.64. The molecule has 0 bridgehead atoms. The molecule has 0 radical (unpaired) electrons. The van der Waals surface area contributed by atoms with Crippen LogP contribution in [0.15, 0.2) is 30.3 Å². The summed E-state index contributed by atoms with van der Waals surface area (Å²) in [4.78, 5) is 14.1. The first-order valence-corrected chi connectivity index (χ1v) is 9.92. The molecule has 1 aromatic rings. The normalized spacial score (nSPS) is 29.4. The molecule has 1 aliphatic carbocycles. The van der Waals surface area contributed by atoms with Crippen molar-refractivity contribution in [2.75, 3.05) is 26.2 Å². The number of benzene rings is 1. The Morgan fingerprint density at radius 3 is 2.85 bits per heavy atom. The quantitative estimate of drug-likeness (QED) is 0.874. The van der Waals surface area contributed by atoms with E-state index in [4.69, 9.17) is 9.47 Å². The van der Waals surface area contributed by atoms with Gasteiger partial charge in [0.05, 0.1) is 19.3 Å². The summed E-state index contributed by atoms with van der Waals surface area (Å²) in [5.41, 5.74) is 1.01. The van der Waals surface area contributed by atoms with Crippen LogP contribution in [0.3, 0.4) is 0 Å². The molecule has 2 fully saturated rings. The molecule has 1 aliphatic heterocycles. The Morgan fingerprint density at radius 2 is 2.08 bits per heavy atom. The zero-order valence-corrected chi connectivity index (χ0v) is 16.0. The van der Waals surface area contributed by atoms with Gasteiger partial charge in [0.2, 0.25) is 0 Å². The number of hydrogen-bond donors (Lipinski definition) is 1. The maximum absolute atomic E-state index is 12.3. The van der Waals surface area contributed by atoms with E-state index in [1.807, 2.05) is 30.3 Å². The second-order valence-electron chi connectivity index (χ2n) is 7.89. The van der Waals surface area contributed by atoms with E-state index in [1.165, 1.54) is 19.3 Å². The maximum Gasteiger partial charge on any atom is 0.410 e. The van der Waals surface area contributed by atoms with Gasteiger partial charge in [-0.05, 0) is 36.7 Å². The summed E-state index contributed by atoms with van der Waals surface area (Å²) >= 11 is 0. The zero-order chi connectivity index (χ0) is 18.4. The Bertz CT molecular complexity index is 566. The lowest BCUT2D eigenvalue weighted by Crippen LogP contribution is -2.51. The largest absolute Gasteiger partial charge is 0.445 e. The molecule has 1 aromatic carbocycles. The Labute approximate surface area is 157 Å². The van der Waals surface area contributed by atoms with Crippen molar-refractivity contribution in [1.29, 1.82) is 0 Å². The molecule has 1 N–H and O–H groups in total. The molecule has 1 saturated heterocycles. The minimum absolute atomic E-state index is 0.0413. The van der Waals surface area contributed by atoms with E-state index < -0.39 is 0 Å². The van der Waals surface area contributed by atoms with Crippen LogP contribution in [0.2, 0.25) is 0 Å². The van der Waals surface area contributed by atoms with E-state index in [0.29, 0.717) is 38.3 Å². The molecule has 1 saturated carbocycles. The molecule has 4 atom stereocenters. The van der Waals surface area contributed by atoms with Crippen molar-refractivity contribution in [3.63, 3.8) is 0 Å². The van der Waals surface area contributed by atoms with E-state index in [0.717, 1.165) is 18.0 Å². The second kappa shape index (κ2) is 9.38. The van der Waals surface area contributed by atoms with Crippen LogP contribution in [-0.4, -0.2) is 49.4 Å². The van der Waals surface area contributed by atoms with E-state index in [-0.39, 0.29) is 12.2 Å². The van der Waals surface area contributed by atoms with Gasteiger partial charge in [0.25, 0.3) is 0 Å². The lowest BCUT2D eigenvalue weighted by Gasteiger charge is -2.36. The fourth-order valence-electron chi connectivity index (χ4n) is 4.07. The molecule has 1 amide bonds. The van der Waals surface area contributed by atoms with Crippen LogP contribution in [0.25, 0.3) is 0 Å². The van der Waals surface area contributed by atoms with E-state index in [2.05, 4.69) is 19.2 Å². The fraction of sp³-hybridized carbons (Fsp3) is 0.667. The highest BCUT2D eigenvalue weighted by molar-refractivity contribution is 5.67. The standard InChI is InChI=1S/C21H32N2O3/c1-16-8-9-20(17(2)12-16)22-13-19-14-23(10-11-25-19)21(24)26-15-18-6-4-3-5-7-18/h3-7,16-17,19-20,22H,8-15H2,1-2H3. The molecule has 144 valence electrons. The summed E-state index contributed by atoms with van der Waals surface area (Å²) in [7, 11) is 0. The van der Waals surface area contributed by atoms with Gasteiger partial charge in [0.1, 0.15) is 6.61 Å². The van der Waals surface area contributed by atoms with Crippen LogP contribution in [-0.2, 0) is 16.1 Å². The van der Waals surface area contributed by atoms with Crippen LogP contribution < -0.4 is 5.32 Å². The van der Waals surface area contributed by atoms with Crippen LogP contribution >= 0.6 is 0 Å². The van der Waals surface area contributed by atoms with Crippen LogP contribution in [0.1, 0.15) is 38.7 Å². The number of nitrogens with zero attached hydrogens (tertiary/aromatic N) is 1. The smallest absolute Gasteiger partial charge is 0.410 e. The predicted octanol–water partition coefficient (Wildman–Crippen LogP) is 3.44. The van der Waals surface area contributed by atoms with E-state index in [9.17, 15) is 4.79 Å². The average molecular weight is 360 g/mol. The molecular formula is C21H32N2O3. The third kappa shape index (κ3) is 5.45. The number of ether oxygens (including phenoxy) is 2. The van der Waals surface area contributed by atoms with Gasteiger partial charge in [-0.3, -0.25) is 0 Å². The minimum atomic E-state index is -0.248. The summed E-state index contributed by atoms with van der Waals surface area (Å²) in [6.45, 7) is 7.56. The zero-order valence-electron chi connectivity index (χ0n) is 16.0. The van der Waals surface area contributed by atoms with Crippen molar-refractivity contribution in [3.8, 4) is 0 Å². The molecule has 0 aromatic heterocycles. The summed E-state index contributed by atoms with van der Waals surface area (Å²) in [6, 6.07) is 10.4. The number of rotatable bonds is 5. The first kappa shape index (κ1) is 19.2. The van der Waals surface area contributed by atoms with Gasteiger partial charge in [-0.2, -0.15) is 0 Å². The summed E-state index contributed by atoms with van der Waals surface area (Å²) in [5, 5.41) is 3.68. The first-order chi connectivity index (χ1) is 12.6. The Morgan fingerprint density at radius 1 is 1.27 bits per heavy atom. The molecule has 5 nitrogen and oxygen atoms in total. The van der Waals surface area contributed by atoms with Crippen molar-refractivity contribution in [2.45, 2.75) is 51.9 Å². The van der Waals surface area contributed by atoms with Crippen molar-refractivity contribution in [3.05, 3.63) is 35.9 Å². The van der Waals surface area contributed by atoms with Crippen molar-refractivity contribution in [1.82, 2.24) is 10.2 Å².